The van der Waals surface area contributed by atoms with E-state index in [1.165, 1.54) is 25.5 Å². The minimum Gasteiger partial charge on any atom is -0.497 e. The van der Waals surface area contributed by atoms with Gasteiger partial charge in [-0.3, -0.25) is 14.9 Å². The number of nitrogen functional groups attached to an aromatic ring is 1. The quantitative estimate of drug-likeness (QED) is 0.131. The molecule has 0 aliphatic heterocycles. The Balaban J connectivity index is 1.59. The molecule has 30 heavy (non-hydrogen) atoms. The molecule has 3 aromatic rings. The molecule has 0 amide bonds. The van der Waals surface area contributed by atoms with Crippen LogP contribution in [0.25, 0.3) is 0 Å². The summed E-state index contributed by atoms with van der Waals surface area (Å²) in [5.74, 6) is 6.67. The lowest BCUT2D eigenvalue weighted by molar-refractivity contribution is -0.384. The van der Waals surface area contributed by atoms with E-state index in [9.17, 15) is 14.9 Å². The second-order valence-electron chi connectivity index (χ2n) is 5.84. The van der Waals surface area contributed by atoms with E-state index in [0.717, 1.165) is 16.4 Å². The van der Waals surface area contributed by atoms with Crippen LogP contribution in [-0.4, -0.2) is 44.7 Å². The SMILES string of the molecule is COc1cccc(C(=O)CSc2nnc(N/N=C/c3cccc([N+](=O)[O-])c3)n2N)c1. The average Bonchev–Trinajstić information content (AvgIpc) is 3.11. The number of hydrogen-bond donors (Lipinski definition) is 2. The predicted octanol–water partition coefficient (Wildman–Crippen LogP) is 2.33. The van der Waals surface area contributed by atoms with E-state index < -0.39 is 4.92 Å². The summed E-state index contributed by atoms with van der Waals surface area (Å²) < 4.78 is 6.28. The van der Waals surface area contributed by atoms with Crippen molar-refractivity contribution in [2.45, 2.75) is 5.16 Å². The van der Waals surface area contributed by atoms with Gasteiger partial charge in [-0.15, -0.1) is 10.2 Å². The minimum atomic E-state index is -0.488. The van der Waals surface area contributed by atoms with Crippen LogP contribution in [0.1, 0.15) is 15.9 Å². The van der Waals surface area contributed by atoms with Crippen molar-refractivity contribution in [3.8, 4) is 5.75 Å². The van der Waals surface area contributed by atoms with Gasteiger partial charge < -0.3 is 10.6 Å². The zero-order valence-corrected chi connectivity index (χ0v) is 16.6. The Morgan fingerprint density at radius 3 is 2.90 bits per heavy atom. The molecule has 11 nitrogen and oxygen atoms in total. The van der Waals surface area contributed by atoms with E-state index in [1.54, 1.807) is 36.4 Å². The van der Waals surface area contributed by atoms with E-state index in [0.29, 0.717) is 22.0 Å². The molecule has 0 atom stereocenters. The fourth-order valence-electron chi connectivity index (χ4n) is 2.34. The number of nitrogens with zero attached hydrogens (tertiary/aromatic N) is 5. The van der Waals surface area contributed by atoms with E-state index >= 15 is 0 Å². The molecular formula is C18H17N7O4S. The highest BCUT2D eigenvalue weighted by Crippen LogP contribution is 2.20. The molecule has 12 heteroatoms. The maximum Gasteiger partial charge on any atom is 0.270 e. The molecule has 0 saturated carbocycles. The zero-order chi connectivity index (χ0) is 21.5. The molecule has 0 radical (unpaired) electrons. The summed E-state index contributed by atoms with van der Waals surface area (Å²) in [6.07, 6.45) is 1.39. The standard InChI is InChI=1S/C18H17N7O4S/c1-29-15-7-3-5-13(9-15)16(26)11-30-18-23-22-17(24(18)19)21-20-10-12-4-2-6-14(8-12)25(27)28/h2-10H,11,19H2,1H3,(H,21,22)/b20-10+. The molecule has 154 valence electrons. The molecule has 1 heterocycles. The Morgan fingerprint density at radius 2 is 2.13 bits per heavy atom. The first-order valence-electron chi connectivity index (χ1n) is 8.52. The number of nitro groups is 1. The van der Waals surface area contributed by atoms with Gasteiger partial charge in [0.15, 0.2) is 5.78 Å². The number of hydrogen-bond acceptors (Lipinski definition) is 10. The molecule has 0 fully saturated rings. The third-order valence-corrected chi connectivity index (χ3v) is 4.79. The number of ketones is 1. The first kappa shape index (κ1) is 20.8. The number of nitrogens with one attached hydrogen (secondary N) is 1. The summed E-state index contributed by atoms with van der Waals surface area (Å²) in [6.45, 7) is 0. The lowest BCUT2D eigenvalue weighted by Crippen LogP contribution is -2.14. The number of carbonyl (C=O) groups excluding carboxylic acids is 1. The zero-order valence-electron chi connectivity index (χ0n) is 15.8. The third-order valence-electron chi connectivity index (χ3n) is 3.85. The van der Waals surface area contributed by atoms with Gasteiger partial charge in [-0.2, -0.15) is 5.10 Å². The van der Waals surface area contributed by atoms with Crippen LogP contribution in [0.3, 0.4) is 0 Å². The van der Waals surface area contributed by atoms with Crippen molar-refractivity contribution in [2.24, 2.45) is 5.10 Å². The molecule has 3 N–H and O–H groups in total. The molecule has 2 aromatic carbocycles. The molecule has 0 spiro atoms. The Bertz CT molecular complexity index is 1100. The van der Waals surface area contributed by atoms with E-state index in [2.05, 4.69) is 20.7 Å². The first-order chi connectivity index (χ1) is 14.5. The molecule has 0 aliphatic rings. The van der Waals surface area contributed by atoms with Crippen molar-refractivity contribution in [1.29, 1.82) is 0 Å². The summed E-state index contributed by atoms with van der Waals surface area (Å²) in [6, 6.07) is 12.8. The number of nitrogens with two attached hydrogens (primary N) is 1. The number of benzene rings is 2. The number of rotatable bonds is 9. The van der Waals surface area contributed by atoms with Crippen molar-refractivity contribution < 1.29 is 14.5 Å². The van der Waals surface area contributed by atoms with Gasteiger partial charge in [0, 0.05) is 23.3 Å². The maximum atomic E-state index is 12.3. The third kappa shape index (κ3) is 5.11. The lowest BCUT2D eigenvalue weighted by atomic mass is 10.1. The number of non-ortho nitro benzene ring substituents is 1. The second-order valence-corrected chi connectivity index (χ2v) is 6.78. The highest BCUT2D eigenvalue weighted by molar-refractivity contribution is 7.99. The number of anilines is 1. The van der Waals surface area contributed by atoms with Crippen LogP contribution in [0, 0.1) is 10.1 Å². The molecule has 3 rings (SSSR count). The summed E-state index contributed by atoms with van der Waals surface area (Å²) in [7, 11) is 1.53. The number of thioether (sulfide) groups is 1. The second kappa shape index (κ2) is 9.52. The normalized spacial score (nSPS) is 10.8. The topological polar surface area (TPSA) is 151 Å². The summed E-state index contributed by atoms with van der Waals surface area (Å²) in [5, 5.41) is 22.9. The van der Waals surface area contributed by atoms with Crippen LogP contribution in [-0.2, 0) is 0 Å². The molecule has 0 unspecified atom stereocenters. The Kier molecular flexibility index (Phi) is 6.60. The summed E-state index contributed by atoms with van der Waals surface area (Å²) in [5.41, 5.74) is 3.62. The summed E-state index contributed by atoms with van der Waals surface area (Å²) in [4.78, 5) is 22.7. The van der Waals surface area contributed by atoms with E-state index in [-0.39, 0.29) is 23.2 Å². The lowest BCUT2D eigenvalue weighted by Gasteiger charge is -2.04. The Labute approximate surface area is 175 Å². The van der Waals surface area contributed by atoms with Crippen LogP contribution >= 0.6 is 11.8 Å². The molecule has 0 bridgehead atoms. The van der Waals surface area contributed by atoms with E-state index in [1.807, 2.05) is 0 Å². The van der Waals surface area contributed by atoms with Gasteiger partial charge in [0.2, 0.25) is 5.16 Å². The number of nitro benzene ring substituents is 1. The van der Waals surface area contributed by atoms with Crippen LogP contribution in [0.4, 0.5) is 11.6 Å². The maximum absolute atomic E-state index is 12.3. The van der Waals surface area contributed by atoms with Gasteiger partial charge in [-0.1, -0.05) is 36.0 Å². The molecule has 1 aromatic heterocycles. The Hall–Kier alpha value is -3.93. The number of hydrazone groups is 1. The number of aromatic nitrogens is 3. The average molecular weight is 427 g/mol. The van der Waals surface area contributed by atoms with Crippen molar-refractivity contribution in [2.75, 3.05) is 24.1 Å². The van der Waals surface area contributed by atoms with Gasteiger partial charge >= 0.3 is 0 Å². The number of Topliss-reactive ketones (excluding diaryl/α,β-unsaturated/α-hetero) is 1. The van der Waals surface area contributed by atoms with Gasteiger partial charge in [-0.05, 0) is 12.1 Å². The van der Waals surface area contributed by atoms with Crippen molar-refractivity contribution in [1.82, 2.24) is 14.9 Å². The van der Waals surface area contributed by atoms with Crippen LogP contribution in [0.15, 0.2) is 58.8 Å². The van der Waals surface area contributed by atoms with Crippen LogP contribution < -0.4 is 16.0 Å². The smallest absolute Gasteiger partial charge is 0.270 e. The predicted molar refractivity (Wildman–Crippen MR) is 113 cm³/mol. The minimum absolute atomic E-state index is 0.0414. The fourth-order valence-corrected chi connectivity index (χ4v) is 3.10. The molecule has 0 saturated heterocycles. The first-order valence-corrected chi connectivity index (χ1v) is 9.50. The van der Waals surface area contributed by atoms with Crippen molar-refractivity contribution in [3.63, 3.8) is 0 Å². The van der Waals surface area contributed by atoms with Gasteiger partial charge in [0.05, 0.1) is 24.0 Å². The fraction of sp³-hybridized carbons (Fsp3) is 0.111. The van der Waals surface area contributed by atoms with Crippen LogP contribution in [0.2, 0.25) is 0 Å². The number of methoxy groups -OCH3 is 1. The molecule has 0 aliphatic carbocycles. The van der Waals surface area contributed by atoms with Crippen molar-refractivity contribution in [3.05, 3.63) is 69.8 Å². The van der Waals surface area contributed by atoms with E-state index in [4.69, 9.17) is 10.6 Å². The number of carbonyl (C=O) groups is 1. The molecular weight excluding hydrogens is 410 g/mol. The largest absolute Gasteiger partial charge is 0.497 e. The van der Waals surface area contributed by atoms with Gasteiger partial charge in [0.1, 0.15) is 5.75 Å². The summed E-state index contributed by atoms with van der Waals surface area (Å²) >= 11 is 1.13. The Morgan fingerprint density at radius 1 is 1.33 bits per heavy atom. The monoisotopic (exact) mass is 427 g/mol. The van der Waals surface area contributed by atoms with Gasteiger partial charge in [-0.25, -0.2) is 10.1 Å². The number of ether oxygens (including phenoxy) is 1. The van der Waals surface area contributed by atoms with Crippen LogP contribution in [0.5, 0.6) is 5.75 Å². The highest BCUT2D eigenvalue weighted by atomic mass is 32.2. The van der Waals surface area contributed by atoms with Gasteiger partial charge in [0.25, 0.3) is 11.6 Å². The highest BCUT2D eigenvalue weighted by Gasteiger charge is 2.13. The van der Waals surface area contributed by atoms with Crippen molar-refractivity contribution >= 4 is 35.4 Å².